The highest BCUT2D eigenvalue weighted by Gasteiger charge is 2.38. The van der Waals surface area contributed by atoms with Crippen LogP contribution in [0.3, 0.4) is 0 Å². The molecule has 0 spiro atoms. The largest absolute Gasteiger partial charge is 0.394 e. The van der Waals surface area contributed by atoms with Crippen LogP contribution in [-0.4, -0.2) is 34.3 Å². The summed E-state index contributed by atoms with van der Waals surface area (Å²) in [5.74, 6) is 2.08. The molecule has 0 saturated heterocycles. The third-order valence-electron chi connectivity index (χ3n) is 3.51. The van der Waals surface area contributed by atoms with Gasteiger partial charge in [-0.1, -0.05) is 27.7 Å². The van der Waals surface area contributed by atoms with Crippen LogP contribution < -0.4 is 5.32 Å². The van der Waals surface area contributed by atoms with Crippen LogP contribution in [-0.2, 0) is 0 Å². The van der Waals surface area contributed by atoms with Crippen molar-refractivity contribution in [2.45, 2.75) is 70.2 Å². The van der Waals surface area contributed by atoms with Gasteiger partial charge in [-0.3, -0.25) is 0 Å². The van der Waals surface area contributed by atoms with E-state index in [1.165, 1.54) is 18.6 Å². The first-order valence-electron chi connectivity index (χ1n) is 6.97. The molecule has 17 heavy (non-hydrogen) atoms. The molecule has 0 heterocycles. The van der Waals surface area contributed by atoms with E-state index in [-0.39, 0.29) is 12.1 Å². The molecule has 0 radical (unpaired) electrons. The SMILES string of the molecule is CC(C)CCSC1CCC(CO)(NC(C)C)C1. The van der Waals surface area contributed by atoms with Gasteiger partial charge in [-0.05, 0) is 37.4 Å². The number of hydrogen-bond acceptors (Lipinski definition) is 3. The standard InChI is InChI=1S/C14H29NOS/c1-11(2)6-8-17-13-5-7-14(9-13,10-16)15-12(3)4/h11-13,15-16H,5-10H2,1-4H3. The van der Waals surface area contributed by atoms with Crippen LogP contribution in [0.25, 0.3) is 0 Å². The number of hydrogen-bond donors (Lipinski definition) is 2. The van der Waals surface area contributed by atoms with E-state index in [9.17, 15) is 5.11 Å². The van der Waals surface area contributed by atoms with Crippen molar-refractivity contribution in [3.8, 4) is 0 Å². The van der Waals surface area contributed by atoms with E-state index >= 15 is 0 Å². The number of nitrogens with one attached hydrogen (secondary N) is 1. The Morgan fingerprint density at radius 2 is 2.06 bits per heavy atom. The first-order chi connectivity index (χ1) is 7.97. The number of rotatable bonds is 7. The minimum Gasteiger partial charge on any atom is -0.394 e. The van der Waals surface area contributed by atoms with Gasteiger partial charge in [0.25, 0.3) is 0 Å². The van der Waals surface area contributed by atoms with Crippen LogP contribution >= 0.6 is 11.8 Å². The van der Waals surface area contributed by atoms with Crippen molar-refractivity contribution in [2.24, 2.45) is 5.92 Å². The van der Waals surface area contributed by atoms with Gasteiger partial charge in [0.05, 0.1) is 6.61 Å². The van der Waals surface area contributed by atoms with Gasteiger partial charge in [-0.25, -0.2) is 0 Å². The zero-order valence-corrected chi connectivity index (χ0v) is 12.6. The second kappa shape index (κ2) is 7.01. The lowest BCUT2D eigenvalue weighted by Gasteiger charge is -2.31. The molecule has 1 aliphatic rings. The summed E-state index contributed by atoms with van der Waals surface area (Å²) >= 11 is 2.11. The Bertz CT molecular complexity index is 220. The first kappa shape index (κ1) is 15.3. The average molecular weight is 259 g/mol. The zero-order valence-electron chi connectivity index (χ0n) is 11.8. The van der Waals surface area contributed by atoms with Crippen LogP contribution in [0.2, 0.25) is 0 Å². The first-order valence-corrected chi connectivity index (χ1v) is 8.02. The zero-order chi connectivity index (χ0) is 12.9. The monoisotopic (exact) mass is 259 g/mol. The number of aliphatic hydroxyl groups is 1. The van der Waals surface area contributed by atoms with Crippen molar-refractivity contribution >= 4 is 11.8 Å². The van der Waals surface area contributed by atoms with Gasteiger partial charge < -0.3 is 10.4 Å². The Balaban J connectivity index is 2.33. The number of thioether (sulfide) groups is 1. The average Bonchev–Trinajstić information content (AvgIpc) is 2.61. The van der Waals surface area contributed by atoms with Crippen molar-refractivity contribution in [1.29, 1.82) is 0 Å². The molecule has 0 bridgehead atoms. The van der Waals surface area contributed by atoms with E-state index in [0.717, 1.165) is 24.0 Å². The molecule has 2 nitrogen and oxygen atoms in total. The van der Waals surface area contributed by atoms with Gasteiger partial charge in [0.1, 0.15) is 0 Å². The Morgan fingerprint density at radius 3 is 2.59 bits per heavy atom. The van der Waals surface area contributed by atoms with Crippen molar-refractivity contribution in [3.63, 3.8) is 0 Å². The van der Waals surface area contributed by atoms with Crippen molar-refractivity contribution in [2.75, 3.05) is 12.4 Å². The molecule has 1 fully saturated rings. The molecule has 3 heteroatoms. The molecule has 0 aliphatic heterocycles. The minimum atomic E-state index is 0.00363. The summed E-state index contributed by atoms with van der Waals surface area (Å²) < 4.78 is 0. The lowest BCUT2D eigenvalue weighted by Crippen LogP contribution is -2.49. The molecule has 2 atom stereocenters. The van der Waals surface area contributed by atoms with Gasteiger partial charge in [-0.15, -0.1) is 0 Å². The summed E-state index contributed by atoms with van der Waals surface area (Å²) in [6.07, 6.45) is 4.82. The fourth-order valence-corrected chi connectivity index (χ4v) is 4.28. The second-order valence-corrected chi connectivity index (χ2v) is 7.56. The highest BCUT2D eigenvalue weighted by Crippen LogP contribution is 2.37. The van der Waals surface area contributed by atoms with Crippen molar-refractivity contribution in [3.05, 3.63) is 0 Å². The molecule has 1 aliphatic carbocycles. The van der Waals surface area contributed by atoms with Gasteiger partial charge in [0.2, 0.25) is 0 Å². The fraction of sp³-hybridized carbons (Fsp3) is 1.00. The molecular formula is C14H29NOS. The van der Waals surface area contributed by atoms with Crippen LogP contribution in [0.15, 0.2) is 0 Å². The summed E-state index contributed by atoms with van der Waals surface area (Å²) in [5.41, 5.74) is 0.00363. The fourth-order valence-electron chi connectivity index (χ4n) is 2.62. The van der Waals surface area contributed by atoms with Crippen molar-refractivity contribution in [1.82, 2.24) is 5.32 Å². The van der Waals surface area contributed by atoms with E-state index < -0.39 is 0 Å². The molecule has 1 rings (SSSR count). The maximum atomic E-state index is 9.63. The maximum absolute atomic E-state index is 9.63. The molecule has 0 aromatic rings. The molecule has 2 unspecified atom stereocenters. The predicted octanol–water partition coefficient (Wildman–Crippen LogP) is 3.05. The Labute approximate surface area is 111 Å². The van der Waals surface area contributed by atoms with Crippen LogP contribution in [0, 0.1) is 5.92 Å². The quantitative estimate of drug-likeness (QED) is 0.737. The Morgan fingerprint density at radius 1 is 1.35 bits per heavy atom. The van der Waals surface area contributed by atoms with E-state index in [0.29, 0.717) is 6.04 Å². The van der Waals surface area contributed by atoms with Crippen molar-refractivity contribution < 1.29 is 5.11 Å². The summed E-state index contributed by atoms with van der Waals surface area (Å²) in [4.78, 5) is 0. The number of aliphatic hydroxyl groups excluding tert-OH is 1. The van der Waals surface area contributed by atoms with Crippen LogP contribution in [0.5, 0.6) is 0 Å². The smallest absolute Gasteiger partial charge is 0.0613 e. The molecule has 0 amide bonds. The van der Waals surface area contributed by atoms with Crippen LogP contribution in [0.4, 0.5) is 0 Å². The Hall–Kier alpha value is 0.270. The third-order valence-corrected chi connectivity index (χ3v) is 4.85. The lowest BCUT2D eigenvalue weighted by molar-refractivity contribution is 0.156. The molecule has 102 valence electrons. The minimum absolute atomic E-state index is 0.00363. The molecular weight excluding hydrogens is 230 g/mol. The predicted molar refractivity (Wildman–Crippen MR) is 77.6 cm³/mol. The lowest BCUT2D eigenvalue weighted by atomic mass is 9.98. The summed E-state index contributed by atoms with van der Waals surface area (Å²) in [6.45, 7) is 9.18. The normalized spacial score (nSPS) is 29.5. The maximum Gasteiger partial charge on any atom is 0.0613 e. The van der Waals surface area contributed by atoms with Gasteiger partial charge in [0, 0.05) is 16.8 Å². The van der Waals surface area contributed by atoms with E-state index in [4.69, 9.17) is 0 Å². The van der Waals surface area contributed by atoms with Gasteiger partial charge in [-0.2, -0.15) is 11.8 Å². The highest BCUT2D eigenvalue weighted by atomic mass is 32.2. The van der Waals surface area contributed by atoms with E-state index in [2.05, 4.69) is 44.8 Å². The van der Waals surface area contributed by atoms with Crippen LogP contribution in [0.1, 0.15) is 53.4 Å². The molecule has 1 saturated carbocycles. The van der Waals surface area contributed by atoms with E-state index in [1.807, 2.05) is 0 Å². The van der Waals surface area contributed by atoms with E-state index in [1.54, 1.807) is 0 Å². The second-order valence-electron chi connectivity index (χ2n) is 6.16. The molecule has 0 aromatic carbocycles. The summed E-state index contributed by atoms with van der Waals surface area (Å²) in [6, 6.07) is 0.460. The highest BCUT2D eigenvalue weighted by molar-refractivity contribution is 7.99. The third kappa shape index (κ3) is 5.19. The topological polar surface area (TPSA) is 32.3 Å². The summed E-state index contributed by atoms with van der Waals surface area (Å²) in [5, 5.41) is 13.9. The molecule has 2 N–H and O–H groups in total. The van der Waals surface area contributed by atoms with Gasteiger partial charge >= 0.3 is 0 Å². The van der Waals surface area contributed by atoms with Gasteiger partial charge in [0.15, 0.2) is 0 Å². The molecule has 0 aromatic heterocycles. The Kier molecular flexibility index (Phi) is 6.32. The summed E-state index contributed by atoms with van der Waals surface area (Å²) in [7, 11) is 0.